The molecule has 1 aliphatic rings. The largest absolute Gasteiger partial charge is 0.349 e. The van der Waals surface area contributed by atoms with E-state index >= 15 is 0 Å². The molecule has 0 fully saturated rings. The molecule has 3 aromatic rings. The lowest BCUT2D eigenvalue weighted by atomic mass is 10.0. The Morgan fingerprint density at radius 1 is 1.07 bits per heavy atom. The highest BCUT2D eigenvalue weighted by Gasteiger charge is 2.29. The molecule has 10 heteroatoms. The highest BCUT2D eigenvalue weighted by atomic mass is 35.5. The first kappa shape index (κ1) is 19.3. The molecule has 1 aromatic heterocycles. The van der Waals surface area contributed by atoms with Crippen molar-refractivity contribution in [3.8, 4) is 11.1 Å². The average Bonchev–Trinajstić information content (AvgIpc) is 2.68. The molecule has 0 spiro atoms. The van der Waals surface area contributed by atoms with Crippen LogP contribution in [-0.4, -0.2) is 19.4 Å². The van der Waals surface area contributed by atoms with Gasteiger partial charge in [-0.15, -0.1) is 4.40 Å². The maximum atomic E-state index is 14.2. The Morgan fingerprint density at radius 3 is 2.62 bits per heavy atom. The third-order valence-electron chi connectivity index (χ3n) is 4.22. The number of hydrogen-bond acceptors (Lipinski definition) is 5. The maximum Gasteiger partial charge on any atom is 0.287 e. The van der Waals surface area contributed by atoms with E-state index in [0.29, 0.717) is 10.6 Å². The molecule has 0 aliphatic carbocycles. The van der Waals surface area contributed by atoms with E-state index in [1.807, 2.05) is 0 Å². The van der Waals surface area contributed by atoms with E-state index in [0.717, 1.165) is 6.07 Å². The van der Waals surface area contributed by atoms with Crippen molar-refractivity contribution in [1.82, 2.24) is 10.3 Å². The minimum absolute atomic E-state index is 0.0885. The molecule has 0 atom stereocenters. The quantitative estimate of drug-likeness (QED) is 0.652. The molecule has 0 saturated carbocycles. The van der Waals surface area contributed by atoms with E-state index in [1.54, 1.807) is 24.3 Å². The number of halogens is 3. The third kappa shape index (κ3) is 3.79. The van der Waals surface area contributed by atoms with Crippen LogP contribution in [0, 0.1) is 11.6 Å². The zero-order chi connectivity index (χ0) is 20.6. The van der Waals surface area contributed by atoms with Crippen LogP contribution < -0.4 is 10.6 Å². The molecular formula is C19H13ClF2N4O2S. The number of benzene rings is 2. The summed E-state index contributed by atoms with van der Waals surface area (Å²) in [5.41, 5.74) is 0.918. The fraction of sp³-hybridized carbons (Fsp3) is 0.0526. The lowest BCUT2D eigenvalue weighted by molar-refractivity contribution is 0.590. The molecule has 0 saturated heterocycles. The second-order valence-electron chi connectivity index (χ2n) is 6.13. The fourth-order valence-corrected chi connectivity index (χ4v) is 4.28. The molecule has 1 aliphatic heterocycles. The van der Waals surface area contributed by atoms with Gasteiger partial charge in [-0.3, -0.25) is 4.98 Å². The second kappa shape index (κ2) is 7.41. The Balaban J connectivity index is 1.75. The van der Waals surface area contributed by atoms with Gasteiger partial charge in [0.05, 0.1) is 17.9 Å². The van der Waals surface area contributed by atoms with Gasteiger partial charge in [-0.05, 0) is 30.3 Å². The Morgan fingerprint density at radius 2 is 1.86 bits per heavy atom. The molecule has 0 radical (unpaired) electrons. The van der Waals surface area contributed by atoms with Gasteiger partial charge in [-0.25, -0.2) is 8.78 Å². The third-order valence-corrected chi connectivity index (χ3v) is 5.85. The summed E-state index contributed by atoms with van der Waals surface area (Å²) in [5.74, 6) is -1.42. The molecule has 0 amide bonds. The van der Waals surface area contributed by atoms with Crippen molar-refractivity contribution in [1.29, 1.82) is 0 Å². The number of anilines is 1. The minimum atomic E-state index is -4.21. The van der Waals surface area contributed by atoms with Crippen LogP contribution in [0.1, 0.15) is 5.69 Å². The molecule has 6 nitrogen and oxygen atoms in total. The van der Waals surface area contributed by atoms with Crippen molar-refractivity contribution in [2.45, 2.75) is 11.4 Å². The van der Waals surface area contributed by atoms with E-state index in [2.05, 4.69) is 20.0 Å². The second-order valence-corrected chi connectivity index (χ2v) is 8.11. The number of pyridine rings is 1. The topological polar surface area (TPSA) is 83.5 Å². The Labute approximate surface area is 170 Å². The van der Waals surface area contributed by atoms with Crippen molar-refractivity contribution < 1.29 is 17.2 Å². The van der Waals surface area contributed by atoms with E-state index in [9.17, 15) is 17.2 Å². The number of aromatic nitrogens is 1. The van der Waals surface area contributed by atoms with Crippen LogP contribution in [-0.2, 0) is 16.6 Å². The number of fused-ring (bicyclic) bond motifs is 1. The molecule has 4 rings (SSSR count). The SMILES string of the molecule is O=S1(=O)N=C(NCc2ncccc2F)Nc2c(-c3ccccc3Cl)cc(F)cc21. The first-order valence-electron chi connectivity index (χ1n) is 8.39. The van der Waals surface area contributed by atoms with Gasteiger partial charge in [-0.2, -0.15) is 8.42 Å². The summed E-state index contributed by atoms with van der Waals surface area (Å²) in [5, 5.41) is 5.89. The molecule has 2 aromatic carbocycles. The van der Waals surface area contributed by atoms with Gasteiger partial charge in [0.1, 0.15) is 16.5 Å². The van der Waals surface area contributed by atoms with Crippen LogP contribution in [0.5, 0.6) is 0 Å². The summed E-state index contributed by atoms with van der Waals surface area (Å²) in [7, 11) is -4.21. The number of sulfonamides is 1. The molecule has 0 bridgehead atoms. The molecule has 29 heavy (non-hydrogen) atoms. The van der Waals surface area contributed by atoms with Gasteiger partial charge in [0.25, 0.3) is 10.0 Å². The van der Waals surface area contributed by atoms with Gasteiger partial charge in [0, 0.05) is 22.3 Å². The summed E-state index contributed by atoms with van der Waals surface area (Å²) in [6.45, 7) is -0.105. The van der Waals surface area contributed by atoms with Crippen molar-refractivity contribution >= 4 is 33.3 Å². The highest BCUT2D eigenvalue weighted by molar-refractivity contribution is 7.90. The van der Waals surface area contributed by atoms with Gasteiger partial charge in [0.15, 0.2) is 0 Å². The Kier molecular flexibility index (Phi) is 4.93. The van der Waals surface area contributed by atoms with Crippen LogP contribution in [0.2, 0.25) is 5.02 Å². The van der Waals surface area contributed by atoms with Crippen LogP contribution in [0.4, 0.5) is 14.5 Å². The summed E-state index contributed by atoms with van der Waals surface area (Å²) >= 11 is 6.22. The van der Waals surface area contributed by atoms with Crippen LogP contribution in [0.15, 0.2) is 64.0 Å². The lowest BCUT2D eigenvalue weighted by Crippen LogP contribution is -2.35. The zero-order valence-electron chi connectivity index (χ0n) is 14.7. The van der Waals surface area contributed by atoms with Crippen LogP contribution in [0.25, 0.3) is 11.1 Å². The van der Waals surface area contributed by atoms with Crippen molar-refractivity contribution in [2.24, 2.45) is 4.40 Å². The average molecular weight is 435 g/mol. The first-order chi connectivity index (χ1) is 13.8. The molecule has 2 N–H and O–H groups in total. The monoisotopic (exact) mass is 434 g/mol. The first-order valence-corrected chi connectivity index (χ1v) is 10.2. The number of hydrogen-bond donors (Lipinski definition) is 2. The highest BCUT2D eigenvalue weighted by Crippen LogP contribution is 2.40. The predicted octanol–water partition coefficient (Wildman–Crippen LogP) is 3.94. The maximum absolute atomic E-state index is 14.2. The summed E-state index contributed by atoms with van der Waals surface area (Å²) in [4.78, 5) is 3.58. The summed E-state index contributed by atoms with van der Waals surface area (Å²) in [6.07, 6.45) is 1.42. The Hall–Kier alpha value is -3.04. The van der Waals surface area contributed by atoms with Gasteiger partial charge < -0.3 is 10.6 Å². The zero-order valence-corrected chi connectivity index (χ0v) is 16.2. The fourth-order valence-electron chi connectivity index (χ4n) is 2.91. The molecular weight excluding hydrogens is 422 g/mol. The number of rotatable bonds is 3. The van der Waals surface area contributed by atoms with E-state index in [4.69, 9.17) is 11.6 Å². The Bertz CT molecular complexity index is 1250. The molecule has 0 unspecified atom stereocenters. The smallest absolute Gasteiger partial charge is 0.287 e. The minimum Gasteiger partial charge on any atom is -0.349 e. The lowest BCUT2D eigenvalue weighted by Gasteiger charge is -2.22. The van der Waals surface area contributed by atoms with Crippen molar-refractivity contribution in [3.63, 3.8) is 0 Å². The van der Waals surface area contributed by atoms with Gasteiger partial charge in [0.2, 0.25) is 5.96 Å². The van der Waals surface area contributed by atoms with Gasteiger partial charge in [-0.1, -0.05) is 29.8 Å². The van der Waals surface area contributed by atoms with Crippen molar-refractivity contribution in [3.05, 3.63) is 77.1 Å². The van der Waals surface area contributed by atoms with Crippen LogP contribution >= 0.6 is 11.6 Å². The molecule has 2 heterocycles. The number of nitrogens with zero attached hydrogens (tertiary/aromatic N) is 2. The van der Waals surface area contributed by atoms with Crippen LogP contribution in [0.3, 0.4) is 0 Å². The summed E-state index contributed by atoms with van der Waals surface area (Å²) < 4.78 is 56.8. The van der Waals surface area contributed by atoms with E-state index in [-0.39, 0.29) is 34.3 Å². The number of nitrogens with one attached hydrogen (secondary N) is 2. The standard InChI is InChI=1S/C19H13ClF2N4O2S/c20-14-5-2-1-4-12(14)13-8-11(21)9-17-18(13)25-19(26-29(17,27)28)24-10-16-15(22)6-3-7-23-16/h1-9H,10H2,(H2,24,25,26). The van der Waals surface area contributed by atoms with Gasteiger partial charge >= 0.3 is 0 Å². The normalized spacial score (nSPS) is 14.5. The molecule has 148 valence electrons. The summed E-state index contributed by atoms with van der Waals surface area (Å²) in [6, 6.07) is 11.4. The van der Waals surface area contributed by atoms with E-state index < -0.39 is 21.7 Å². The predicted molar refractivity (Wildman–Crippen MR) is 106 cm³/mol. The number of guanidine groups is 1. The van der Waals surface area contributed by atoms with Crippen molar-refractivity contribution in [2.75, 3.05) is 5.32 Å². The van der Waals surface area contributed by atoms with E-state index in [1.165, 1.54) is 24.4 Å².